The second-order valence-electron chi connectivity index (χ2n) is 15.1. The molecule has 0 aliphatic carbocycles. The van der Waals surface area contributed by atoms with Crippen molar-refractivity contribution in [3.63, 3.8) is 0 Å². The number of imidazole rings is 1. The molecule has 0 unspecified atom stereocenters. The van der Waals surface area contributed by atoms with Crippen LogP contribution in [0.2, 0.25) is 18.1 Å². The van der Waals surface area contributed by atoms with Gasteiger partial charge < -0.3 is 23.1 Å². The molecule has 3 heterocycles. The van der Waals surface area contributed by atoms with E-state index in [9.17, 15) is 9.59 Å². The Morgan fingerprint density at radius 3 is 2.07 bits per heavy atom. The Bertz CT molecular complexity index is 2520. The fourth-order valence-corrected chi connectivity index (χ4v) is 7.47. The minimum Gasteiger partial charge on any atom is -0.543 e. The zero-order valence-corrected chi connectivity index (χ0v) is 32.2. The van der Waals surface area contributed by atoms with Crippen LogP contribution in [-0.4, -0.2) is 24.0 Å². The molecular weight excluding hydrogens is 709 g/mol. The van der Waals surface area contributed by atoms with Gasteiger partial charge in [-0.2, -0.15) is 0 Å². The zero-order chi connectivity index (χ0) is 38.4. The van der Waals surface area contributed by atoms with E-state index in [1.165, 1.54) is 23.3 Å². The average molecular weight is 749 g/mol. The molecule has 55 heavy (non-hydrogen) atoms. The SMILES string of the molecule is CC(C)(C)[Si](C)(C)Oc1cc(OC(=O)n2ccnc2)c2c(=O)c(Cc3ccccc3)c(-c3ccc4c(c3)OC(c3ccccc3)(c3ccccc3)O4)oc2c1. The van der Waals surface area contributed by atoms with Crippen LogP contribution >= 0.6 is 0 Å². The summed E-state index contributed by atoms with van der Waals surface area (Å²) in [4.78, 5) is 32.2. The predicted octanol–water partition coefficient (Wildman–Crippen LogP) is 10.4. The Balaban J connectivity index is 1.31. The summed E-state index contributed by atoms with van der Waals surface area (Å²) in [5.74, 6) is 0.608. The van der Waals surface area contributed by atoms with E-state index in [1.807, 2.05) is 109 Å². The lowest BCUT2D eigenvalue weighted by molar-refractivity contribution is -0.0459. The zero-order valence-electron chi connectivity index (χ0n) is 31.2. The molecule has 0 bridgehead atoms. The van der Waals surface area contributed by atoms with Gasteiger partial charge in [-0.15, -0.1) is 0 Å². The van der Waals surface area contributed by atoms with Gasteiger partial charge in [-0.05, 0) is 41.9 Å². The Morgan fingerprint density at radius 1 is 0.818 bits per heavy atom. The molecule has 0 spiro atoms. The quantitative estimate of drug-likeness (QED) is 0.142. The van der Waals surface area contributed by atoms with Gasteiger partial charge in [0.1, 0.15) is 28.8 Å². The first-order chi connectivity index (χ1) is 26.4. The van der Waals surface area contributed by atoms with Crippen molar-refractivity contribution in [2.45, 2.75) is 51.1 Å². The summed E-state index contributed by atoms with van der Waals surface area (Å²) >= 11 is 0. The summed E-state index contributed by atoms with van der Waals surface area (Å²) in [6.45, 7) is 10.7. The normalized spacial score (nSPS) is 13.5. The summed E-state index contributed by atoms with van der Waals surface area (Å²) in [5, 5.41) is -0.0128. The Labute approximate surface area is 319 Å². The number of carbonyl (C=O) groups excluding carboxylic acids is 1. The summed E-state index contributed by atoms with van der Waals surface area (Å²) in [6.07, 6.45) is 3.81. The maximum absolute atomic E-state index is 14.9. The molecule has 5 aromatic carbocycles. The number of hydrogen-bond donors (Lipinski definition) is 0. The Kier molecular flexibility index (Phi) is 8.93. The van der Waals surface area contributed by atoms with Crippen molar-refractivity contribution in [1.82, 2.24) is 9.55 Å². The van der Waals surface area contributed by atoms with Crippen LogP contribution in [0.25, 0.3) is 22.3 Å². The molecule has 0 radical (unpaired) electrons. The third-order valence-electron chi connectivity index (χ3n) is 10.4. The van der Waals surface area contributed by atoms with Crippen LogP contribution in [0.3, 0.4) is 0 Å². The van der Waals surface area contributed by atoms with Gasteiger partial charge in [-0.1, -0.05) is 112 Å². The second kappa shape index (κ2) is 13.8. The van der Waals surface area contributed by atoms with Crippen molar-refractivity contribution in [3.8, 4) is 34.3 Å². The highest BCUT2D eigenvalue weighted by atomic mass is 28.4. The number of ether oxygens (including phenoxy) is 3. The van der Waals surface area contributed by atoms with E-state index in [-0.39, 0.29) is 33.6 Å². The first-order valence-electron chi connectivity index (χ1n) is 18.1. The van der Waals surface area contributed by atoms with Gasteiger partial charge in [0, 0.05) is 53.2 Å². The topological polar surface area (TPSA) is 102 Å². The van der Waals surface area contributed by atoms with E-state index in [1.54, 1.807) is 12.1 Å². The third kappa shape index (κ3) is 6.70. The fourth-order valence-electron chi connectivity index (χ4n) is 6.45. The molecule has 7 aromatic rings. The van der Waals surface area contributed by atoms with E-state index >= 15 is 0 Å². The third-order valence-corrected chi connectivity index (χ3v) is 14.7. The van der Waals surface area contributed by atoms with Gasteiger partial charge >= 0.3 is 11.9 Å². The van der Waals surface area contributed by atoms with Crippen LogP contribution in [-0.2, 0) is 12.2 Å². The predicted molar refractivity (Wildman–Crippen MR) is 214 cm³/mol. The number of aromatic nitrogens is 2. The molecule has 10 heteroatoms. The van der Waals surface area contributed by atoms with Crippen LogP contribution in [0.1, 0.15) is 43.0 Å². The summed E-state index contributed by atoms with van der Waals surface area (Å²) in [7, 11) is -2.39. The monoisotopic (exact) mass is 748 g/mol. The van der Waals surface area contributed by atoms with Crippen molar-refractivity contribution in [1.29, 1.82) is 0 Å². The molecule has 8 rings (SSSR count). The summed E-state index contributed by atoms with van der Waals surface area (Å²) < 4.78 is 34.1. The van der Waals surface area contributed by atoms with Gasteiger partial charge in [0.25, 0.3) is 0 Å². The molecular formula is C45H40N2O7Si. The number of carbonyl (C=O) groups is 1. The molecule has 2 aromatic heterocycles. The van der Waals surface area contributed by atoms with Crippen molar-refractivity contribution in [3.05, 3.63) is 173 Å². The minimum atomic E-state index is -2.39. The largest absolute Gasteiger partial charge is 0.543 e. The molecule has 9 nitrogen and oxygen atoms in total. The van der Waals surface area contributed by atoms with Crippen LogP contribution < -0.4 is 24.1 Å². The number of nitrogens with zero attached hydrogens (tertiary/aromatic N) is 2. The molecule has 1 aliphatic heterocycles. The maximum Gasteiger partial charge on any atom is 0.424 e. The second-order valence-corrected chi connectivity index (χ2v) is 19.8. The molecule has 0 amide bonds. The number of benzene rings is 5. The highest BCUT2D eigenvalue weighted by molar-refractivity contribution is 6.74. The average Bonchev–Trinajstić information content (AvgIpc) is 3.86. The van der Waals surface area contributed by atoms with Gasteiger partial charge in [-0.3, -0.25) is 4.79 Å². The lowest BCUT2D eigenvalue weighted by Gasteiger charge is -2.36. The highest BCUT2D eigenvalue weighted by Gasteiger charge is 2.45. The van der Waals surface area contributed by atoms with Crippen LogP contribution in [0.4, 0.5) is 4.79 Å². The van der Waals surface area contributed by atoms with Gasteiger partial charge in [0.05, 0.1) is 0 Å². The van der Waals surface area contributed by atoms with Crippen LogP contribution in [0.5, 0.6) is 23.0 Å². The van der Waals surface area contributed by atoms with E-state index < -0.39 is 20.2 Å². The lowest BCUT2D eigenvalue weighted by Crippen LogP contribution is -2.43. The van der Waals surface area contributed by atoms with E-state index in [0.29, 0.717) is 34.1 Å². The van der Waals surface area contributed by atoms with Crippen LogP contribution in [0.15, 0.2) is 149 Å². The molecule has 0 fully saturated rings. The molecule has 276 valence electrons. The molecule has 1 aliphatic rings. The van der Waals surface area contributed by atoms with E-state index in [0.717, 1.165) is 16.7 Å². The minimum absolute atomic E-state index is 0.0284. The van der Waals surface area contributed by atoms with Gasteiger partial charge in [0.15, 0.2) is 17.2 Å². The standard InChI is InChI=1S/C45H40N2O7Si/c1-44(2,3)55(4,5)54-34-27-38-40(39(28-34)51-43(49)47-24-23-46-29-47)41(48)35(25-30-15-9-6-10-16-30)42(50-38)31-21-22-36-37(26-31)53-45(52-36,32-17-11-7-12-18-32)33-19-13-8-14-20-33/h6-24,26-29H,25H2,1-5H3. The van der Waals surface area contributed by atoms with Gasteiger partial charge in [-0.25, -0.2) is 14.3 Å². The Morgan fingerprint density at radius 2 is 1.45 bits per heavy atom. The molecule has 0 N–H and O–H groups in total. The smallest absolute Gasteiger partial charge is 0.424 e. The molecule has 0 saturated heterocycles. The first kappa shape index (κ1) is 35.6. The highest BCUT2D eigenvalue weighted by Crippen LogP contribution is 2.49. The van der Waals surface area contributed by atoms with E-state index in [4.69, 9.17) is 23.1 Å². The van der Waals surface area contributed by atoms with Crippen molar-refractivity contribution in [2.24, 2.45) is 0 Å². The number of hydrogen-bond acceptors (Lipinski definition) is 8. The number of fused-ring (bicyclic) bond motifs is 2. The first-order valence-corrected chi connectivity index (χ1v) is 21.0. The number of rotatable bonds is 8. The summed E-state index contributed by atoms with van der Waals surface area (Å²) in [6, 6.07) is 38.1. The molecule has 0 atom stereocenters. The van der Waals surface area contributed by atoms with Crippen molar-refractivity contribution < 1.29 is 27.8 Å². The van der Waals surface area contributed by atoms with E-state index in [2.05, 4.69) is 38.8 Å². The fraction of sp³-hybridized carbons (Fsp3) is 0.178. The van der Waals surface area contributed by atoms with Gasteiger partial charge in [0.2, 0.25) is 13.7 Å². The van der Waals surface area contributed by atoms with Crippen molar-refractivity contribution in [2.75, 3.05) is 0 Å². The molecule has 0 saturated carbocycles. The van der Waals surface area contributed by atoms with Crippen LogP contribution in [0, 0.1) is 0 Å². The van der Waals surface area contributed by atoms with Crippen molar-refractivity contribution >= 4 is 25.4 Å². The Hall–Kier alpha value is -6.39. The summed E-state index contributed by atoms with van der Waals surface area (Å²) in [5.41, 5.74) is 3.42. The lowest BCUT2D eigenvalue weighted by atomic mass is 9.97. The maximum atomic E-state index is 14.9.